The number of rotatable bonds is 0. The Morgan fingerprint density at radius 1 is 1.47 bits per heavy atom. The van der Waals surface area contributed by atoms with E-state index in [0.29, 0.717) is 24.2 Å². The summed E-state index contributed by atoms with van der Waals surface area (Å²) in [6.45, 7) is 1.75. The highest BCUT2D eigenvalue weighted by Crippen LogP contribution is 2.27. The van der Waals surface area contributed by atoms with Crippen LogP contribution in [0, 0.1) is 5.82 Å². The first-order valence-corrected chi connectivity index (χ1v) is 4.70. The van der Waals surface area contributed by atoms with Crippen molar-refractivity contribution in [3.8, 4) is 0 Å². The van der Waals surface area contributed by atoms with E-state index in [2.05, 4.69) is 0 Å². The summed E-state index contributed by atoms with van der Waals surface area (Å²) >= 11 is 0. The Hall–Kier alpha value is -1.71. The summed E-state index contributed by atoms with van der Waals surface area (Å²) in [5.74, 6) is -0.647. The van der Waals surface area contributed by atoms with Gasteiger partial charge in [0.2, 0.25) is 5.91 Å². The van der Waals surface area contributed by atoms with Crippen molar-refractivity contribution in [1.82, 2.24) is 0 Å². The molecule has 3 nitrogen and oxygen atoms in total. The van der Waals surface area contributed by atoms with Gasteiger partial charge in [0.1, 0.15) is 5.82 Å². The number of benzene rings is 1. The topological polar surface area (TPSA) is 37.4 Å². The van der Waals surface area contributed by atoms with E-state index in [1.54, 1.807) is 0 Å². The van der Waals surface area contributed by atoms with E-state index in [1.165, 1.54) is 30.0 Å². The number of halogens is 1. The lowest BCUT2D eigenvalue weighted by atomic mass is 10.0. The van der Waals surface area contributed by atoms with Gasteiger partial charge in [-0.2, -0.15) is 0 Å². The molecule has 0 bridgehead atoms. The van der Waals surface area contributed by atoms with Gasteiger partial charge in [-0.25, -0.2) is 4.39 Å². The summed E-state index contributed by atoms with van der Waals surface area (Å²) in [5, 5.41) is 0. The molecule has 0 aliphatic carbocycles. The summed E-state index contributed by atoms with van der Waals surface area (Å²) < 4.78 is 13.0. The molecule has 1 aliphatic rings. The average molecular weight is 207 g/mol. The minimum atomic E-state index is -0.435. The fraction of sp³-hybridized carbons (Fsp3) is 0.273. The predicted octanol–water partition coefficient (Wildman–Crippen LogP) is 1.77. The molecule has 1 heterocycles. The van der Waals surface area contributed by atoms with Gasteiger partial charge < -0.3 is 4.90 Å². The zero-order chi connectivity index (χ0) is 11.0. The molecule has 0 aromatic heterocycles. The van der Waals surface area contributed by atoms with Crippen LogP contribution in [0.15, 0.2) is 18.2 Å². The molecule has 0 saturated carbocycles. The van der Waals surface area contributed by atoms with Gasteiger partial charge in [0.05, 0.1) is 5.69 Å². The largest absolute Gasteiger partial charge is 0.311 e. The smallest absolute Gasteiger partial charge is 0.223 e. The summed E-state index contributed by atoms with van der Waals surface area (Å²) in [6.07, 6.45) is 0.304. The second-order valence-electron chi connectivity index (χ2n) is 3.51. The molecule has 1 aliphatic heterocycles. The molecule has 1 amide bonds. The van der Waals surface area contributed by atoms with Crippen molar-refractivity contribution < 1.29 is 14.0 Å². The standard InChI is InChI=1S/C11H10FNO2/c1-7(14)13-5-4-11(15)9-3-2-8(12)6-10(9)13/h2-3,6H,4-5H2,1H3. The van der Waals surface area contributed by atoms with Gasteiger partial charge in [-0.3, -0.25) is 9.59 Å². The molecule has 0 N–H and O–H groups in total. The van der Waals surface area contributed by atoms with Crippen LogP contribution in [-0.2, 0) is 4.79 Å². The van der Waals surface area contributed by atoms with Crippen molar-refractivity contribution in [2.45, 2.75) is 13.3 Å². The molecule has 0 unspecified atom stereocenters. The van der Waals surface area contributed by atoms with E-state index in [9.17, 15) is 14.0 Å². The summed E-state index contributed by atoms with van der Waals surface area (Å²) in [6, 6.07) is 3.90. The Bertz CT molecular complexity index is 442. The number of ketones is 1. The van der Waals surface area contributed by atoms with Crippen molar-refractivity contribution in [2.24, 2.45) is 0 Å². The fourth-order valence-electron chi connectivity index (χ4n) is 1.76. The second-order valence-corrected chi connectivity index (χ2v) is 3.51. The van der Waals surface area contributed by atoms with Crippen LogP contribution in [0.5, 0.6) is 0 Å². The first-order valence-electron chi connectivity index (χ1n) is 4.70. The number of carbonyl (C=O) groups excluding carboxylic acids is 2. The number of fused-ring (bicyclic) bond motifs is 1. The highest BCUT2D eigenvalue weighted by molar-refractivity contribution is 6.08. The molecule has 15 heavy (non-hydrogen) atoms. The van der Waals surface area contributed by atoms with Crippen LogP contribution >= 0.6 is 0 Å². The Balaban J connectivity index is 2.56. The molecule has 0 saturated heterocycles. The van der Waals surface area contributed by atoms with Gasteiger partial charge >= 0.3 is 0 Å². The second kappa shape index (κ2) is 3.46. The zero-order valence-corrected chi connectivity index (χ0v) is 8.29. The van der Waals surface area contributed by atoms with E-state index < -0.39 is 5.82 Å². The van der Waals surface area contributed by atoms with Crippen LogP contribution in [0.3, 0.4) is 0 Å². The van der Waals surface area contributed by atoms with Gasteiger partial charge in [-0.1, -0.05) is 0 Å². The molecule has 0 spiro atoms. The molecule has 0 fully saturated rings. The van der Waals surface area contributed by atoms with Crippen molar-refractivity contribution in [3.05, 3.63) is 29.6 Å². The maximum absolute atomic E-state index is 13.0. The van der Waals surface area contributed by atoms with E-state index in [1.807, 2.05) is 0 Å². The third kappa shape index (κ3) is 1.63. The Kier molecular flexibility index (Phi) is 2.26. The van der Waals surface area contributed by atoms with E-state index in [-0.39, 0.29) is 11.7 Å². The molecule has 78 valence electrons. The maximum atomic E-state index is 13.0. The monoisotopic (exact) mass is 207 g/mol. The molecular weight excluding hydrogens is 197 g/mol. The quantitative estimate of drug-likeness (QED) is 0.650. The molecule has 4 heteroatoms. The van der Waals surface area contributed by atoms with Crippen LogP contribution in [0.2, 0.25) is 0 Å². The third-order valence-corrected chi connectivity index (χ3v) is 2.49. The van der Waals surface area contributed by atoms with Gasteiger partial charge in [0.15, 0.2) is 5.78 Å². The van der Waals surface area contributed by atoms with Gasteiger partial charge in [0.25, 0.3) is 0 Å². The Morgan fingerprint density at radius 2 is 2.20 bits per heavy atom. The molecule has 0 atom stereocenters. The summed E-state index contributed by atoms with van der Waals surface area (Å²) in [4.78, 5) is 24.2. The number of amides is 1. The number of Topliss-reactive ketones (excluding diaryl/α,β-unsaturated/α-hetero) is 1. The van der Waals surface area contributed by atoms with Gasteiger partial charge in [-0.15, -0.1) is 0 Å². The van der Waals surface area contributed by atoms with Crippen LogP contribution in [-0.4, -0.2) is 18.2 Å². The lowest BCUT2D eigenvalue weighted by Crippen LogP contribution is -2.35. The van der Waals surface area contributed by atoms with Gasteiger partial charge in [-0.05, 0) is 18.2 Å². The molecule has 1 aromatic carbocycles. The van der Waals surface area contributed by atoms with Gasteiger partial charge in [0, 0.05) is 25.5 Å². The van der Waals surface area contributed by atoms with Crippen molar-refractivity contribution in [1.29, 1.82) is 0 Å². The Morgan fingerprint density at radius 3 is 2.87 bits per heavy atom. The van der Waals surface area contributed by atoms with E-state index in [0.717, 1.165) is 0 Å². The van der Waals surface area contributed by atoms with E-state index in [4.69, 9.17) is 0 Å². The zero-order valence-electron chi connectivity index (χ0n) is 8.29. The fourth-order valence-corrected chi connectivity index (χ4v) is 1.76. The minimum absolute atomic E-state index is 0.0394. The van der Waals surface area contributed by atoms with Crippen LogP contribution in [0.25, 0.3) is 0 Å². The number of hydrogen-bond donors (Lipinski definition) is 0. The number of carbonyl (C=O) groups is 2. The molecule has 1 aromatic rings. The van der Waals surface area contributed by atoms with Crippen molar-refractivity contribution >= 4 is 17.4 Å². The lowest BCUT2D eigenvalue weighted by molar-refractivity contribution is -0.116. The number of anilines is 1. The molecule has 0 radical (unpaired) electrons. The maximum Gasteiger partial charge on any atom is 0.223 e. The average Bonchev–Trinajstić information content (AvgIpc) is 2.17. The van der Waals surface area contributed by atoms with Crippen molar-refractivity contribution in [3.63, 3.8) is 0 Å². The summed E-state index contributed by atoms with van der Waals surface area (Å²) in [7, 11) is 0. The highest BCUT2D eigenvalue weighted by atomic mass is 19.1. The first-order chi connectivity index (χ1) is 7.09. The van der Waals surface area contributed by atoms with Crippen LogP contribution < -0.4 is 4.90 Å². The van der Waals surface area contributed by atoms with E-state index >= 15 is 0 Å². The minimum Gasteiger partial charge on any atom is -0.311 e. The molecular formula is C11H10FNO2. The SMILES string of the molecule is CC(=O)N1CCC(=O)c2ccc(F)cc21. The summed E-state index contributed by atoms with van der Waals surface area (Å²) in [5.41, 5.74) is 0.816. The normalized spacial score (nSPS) is 15.1. The lowest BCUT2D eigenvalue weighted by Gasteiger charge is -2.27. The highest BCUT2D eigenvalue weighted by Gasteiger charge is 2.25. The molecule has 2 rings (SSSR count). The van der Waals surface area contributed by atoms with Crippen LogP contribution in [0.1, 0.15) is 23.7 Å². The van der Waals surface area contributed by atoms with Crippen LogP contribution in [0.4, 0.5) is 10.1 Å². The predicted molar refractivity (Wildman–Crippen MR) is 53.4 cm³/mol. The first kappa shape index (κ1) is 9.83. The number of hydrogen-bond acceptors (Lipinski definition) is 2. The Labute approximate surface area is 86.5 Å². The van der Waals surface area contributed by atoms with Crippen molar-refractivity contribution in [2.75, 3.05) is 11.4 Å². The third-order valence-electron chi connectivity index (χ3n) is 2.49. The number of nitrogens with zero attached hydrogens (tertiary/aromatic N) is 1.